The van der Waals surface area contributed by atoms with E-state index in [4.69, 9.17) is 0 Å². The Morgan fingerprint density at radius 3 is 3.00 bits per heavy atom. The summed E-state index contributed by atoms with van der Waals surface area (Å²) in [6, 6.07) is 6.35. The van der Waals surface area contributed by atoms with Crippen molar-refractivity contribution in [1.29, 1.82) is 0 Å². The van der Waals surface area contributed by atoms with Crippen LogP contribution in [0.5, 0.6) is 0 Å². The first-order valence-electron chi connectivity index (χ1n) is 4.45. The smallest absolute Gasteiger partial charge is 0.163 e. The lowest BCUT2D eigenvalue weighted by Crippen LogP contribution is -1.95. The SMILES string of the molecule is CCn1cnnc1-c1cccc(F)c1. The first-order chi connectivity index (χ1) is 6.81. The second-order valence-corrected chi connectivity index (χ2v) is 2.95. The van der Waals surface area contributed by atoms with Gasteiger partial charge in [0.05, 0.1) is 0 Å². The van der Waals surface area contributed by atoms with Crippen molar-refractivity contribution in [3.05, 3.63) is 36.4 Å². The Kier molecular flexibility index (Phi) is 2.26. The topological polar surface area (TPSA) is 30.7 Å². The summed E-state index contributed by atoms with van der Waals surface area (Å²) in [5, 5.41) is 7.73. The van der Waals surface area contributed by atoms with E-state index in [1.807, 2.05) is 17.6 Å². The monoisotopic (exact) mass is 191 g/mol. The minimum Gasteiger partial charge on any atom is -0.314 e. The fraction of sp³-hybridized carbons (Fsp3) is 0.200. The second-order valence-electron chi connectivity index (χ2n) is 2.95. The van der Waals surface area contributed by atoms with Crippen molar-refractivity contribution in [2.75, 3.05) is 0 Å². The molecule has 0 atom stereocenters. The number of hydrogen-bond donors (Lipinski definition) is 0. The summed E-state index contributed by atoms with van der Waals surface area (Å²) in [6.07, 6.45) is 1.64. The highest BCUT2D eigenvalue weighted by atomic mass is 19.1. The zero-order chi connectivity index (χ0) is 9.97. The Balaban J connectivity index is 2.49. The van der Waals surface area contributed by atoms with Crippen LogP contribution in [-0.2, 0) is 6.54 Å². The molecule has 0 bridgehead atoms. The molecule has 0 spiro atoms. The normalized spacial score (nSPS) is 10.4. The highest BCUT2D eigenvalue weighted by Crippen LogP contribution is 2.16. The third-order valence-corrected chi connectivity index (χ3v) is 2.04. The summed E-state index contributed by atoms with van der Waals surface area (Å²) in [6.45, 7) is 2.77. The average molecular weight is 191 g/mol. The molecule has 1 aromatic carbocycles. The highest BCUT2D eigenvalue weighted by Gasteiger charge is 2.05. The van der Waals surface area contributed by atoms with Crippen molar-refractivity contribution >= 4 is 0 Å². The molecule has 0 amide bonds. The van der Waals surface area contributed by atoms with Crippen LogP contribution in [-0.4, -0.2) is 14.8 Å². The van der Waals surface area contributed by atoms with E-state index < -0.39 is 0 Å². The molecule has 0 aliphatic heterocycles. The maximum Gasteiger partial charge on any atom is 0.163 e. The molecule has 4 heteroatoms. The number of aromatic nitrogens is 3. The zero-order valence-corrected chi connectivity index (χ0v) is 7.81. The zero-order valence-electron chi connectivity index (χ0n) is 7.81. The molecule has 2 aromatic rings. The van der Waals surface area contributed by atoms with Crippen LogP contribution in [0.1, 0.15) is 6.92 Å². The maximum absolute atomic E-state index is 12.9. The van der Waals surface area contributed by atoms with Gasteiger partial charge in [-0.15, -0.1) is 10.2 Å². The molecule has 0 unspecified atom stereocenters. The van der Waals surface area contributed by atoms with Gasteiger partial charge >= 0.3 is 0 Å². The molecule has 0 radical (unpaired) electrons. The predicted molar refractivity (Wildman–Crippen MR) is 51.1 cm³/mol. The first kappa shape index (κ1) is 8.87. The number of hydrogen-bond acceptors (Lipinski definition) is 2. The molecule has 1 aromatic heterocycles. The van der Waals surface area contributed by atoms with Crippen molar-refractivity contribution in [3.63, 3.8) is 0 Å². The van der Waals surface area contributed by atoms with Crippen LogP contribution >= 0.6 is 0 Å². The van der Waals surface area contributed by atoms with Crippen LogP contribution in [0.25, 0.3) is 11.4 Å². The van der Waals surface area contributed by atoms with Gasteiger partial charge in [-0.1, -0.05) is 12.1 Å². The Bertz CT molecular complexity index is 436. The van der Waals surface area contributed by atoms with E-state index in [0.29, 0.717) is 5.82 Å². The summed E-state index contributed by atoms with van der Waals surface area (Å²) >= 11 is 0. The Hall–Kier alpha value is -1.71. The number of benzene rings is 1. The van der Waals surface area contributed by atoms with Crippen molar-refractivity contribution in [3.8, 4) is 11.4 Å². The summed E-state index contributed by atoms with van der Waals surface area (Å²) in [5.74, 6) is 0.445. The summed E-state index contributed by atoms with van der Waals surface area (Å²) in [5.41, 5.74) is 0.754. The lowest BCUT2D eigenvalue weighted by Gasteiger charge is -2.02. The van der Waals surface area contributed by atoms with Gasteiger partial charge in [-0.2, -0.15) is 0 Å². The van der Waals surface area contributed by atoms with Gasteiger partial charge in [0.15, 0.2) is 5.82 Å². The van der Waals surface area contributed by atoms with E-state index in [-0.39, 0.29) is 5.82 Å². The Labute approximate surface area is 81.2 Å². The molecule has 0 aliphatic rings. The molecule has 0 saturated carbocycles. The molecule has 0 fully saturated rings. The molecule has 0 aliphatic carbocycles. The van der Waals surface area contributed by atoms with Gasteiger partial charge in [-0.3, -0.25) is 0 Å². The molecule has 1 heterocycles. The van der Waals surface area contributed by atoms with Crippen molar-refractivity contribution in [2.24, 2.45) is 0 Å². The van der Waals surface area contributed by atoms with Crippen molar-refractivity contribution in [2.45, 2.75) is 13.5 Å². The van der Waals surface area contributed by atoms with E-state index in [1.165, 1.54) is 12.1 Å². The maximum atomic E-state index is 12.9. The number of aryl methyl sites for hydroxylation is 1. The standard InChI is InChI=1S/C10H10FN3/c1-2-14-7-12-13-10(14)8-4-3-5-9(11)6-8/h3-7H,2H2,1H3. The van der Waals surface area contributed by atoms with E-state index in [9.17, 15) is 4.39 Å². The predicted octanol–water partition coefficient (Wildman–Crippen LogP) is 2.10. The van der Waals surface area contributed by atoms with Gasteiger partial charge in [-0.05, 0) is 19.1 Å². The lowest BCUT2D eigenvalue weighted by atomic mass is 10.2. The van der Waals surface area contributed by atoms with Gasteiger partial charge in [0.1, 0.15) is 12.1 Å². The quantitative estimate of drug-likeness (QED) is 0.727. The van der Waals surface area contributed by atoms with Crippen molar-refractivity contribution in [1.82, 2.24) is 14.8 Å². The van der Waals surface area contributed by atoms with Crippen LogP contribution in [0.4, 0.5) is 4.39 Å². The third-order valence-electron chi connectivity index (χ3n) is 2.04. The second kappa shape index (κ2) is 3.57. The first-order valence-corrected chi connectivity index (χ1v) is 4.45. The molecular weight excluding hydrogens is 181 g/mol. The van der Waals surface area contributed by atoms with E-state index in [2.05, 4.69) is 10.2 Å². The van der Waals surface area contributed by atoms with Crippen LogP contribution in [0, 0.1) is 5.82 Å². The van der Waals surface area contributed by atoms with Gasteiger partial charge in [0.2, 0.25) is 0 Å². The number of nitrogens with zero attached hydrogens (tertiary/aromatic N) is 3. The Morgan fingerprint density at radius 1 is 1.43 bits per heavy atom. The Morgan fingerprint density at radius 2 is 2.29 bits per heavy atom. The van der Waals surface area contributed by atoms with Gasteiger partial charge in [0.25, 0.3) is 0 Å². The lowest BCUT2D eigenvalue weighted by molar-refractivity contribution is 0.628. The average Bonchev–Trinajstić information content (AvgIpc) is 2.65. The van der Waals surface area contributed by atoms with Crippen molar-refractivity contribution < 1.29 is 4.39 Å². The molecule has 0 saturated heterocycles. The fourth-order valence-electron chi connectivity index (χ4n) is 1.34. The fourth-order valence-corrected chi connectivity index (χ4v) is 1.34. The minimum absolute atomic E-state index is 0.256. The molecule has 0 N–H and O–H groups in total. The summed E-state index contributed by atoms with van der Waals surface area (Å²) in [4.78, 5) is 0. The van der Waals surface area contributed by atoms with Crippen LogP contribution < -0.4 is 0 Å². The number of halogens is 1. The summed E-state index contributed by atoms with van der Waals surface area (Å²) < 4.78 is 14.8. The summed E-state index contributed by atoms with van der Waals surface area (Å²) in [7, 11) is 0. The third kappa shape index (κ3) is 1.51. The molecule has 2 rings (SSSR count). The van der Waals surface area contributed by atoms with Gasteiger partial charge in [-0.25, -0.2) is 4.39 Å². The minimum atomic E-state index is -0.256. The van der Waals surface area contributed by atoms with Crippen LogP contribution in [0.3, 0.4) is 0 Å². The molecular formula is C10H10FN3. The molecule has 3 nitrogen and oxygen atoms in total. The highest BCUT2D eigenvalue weighted by molar-refractivity contribution is 5.54. The van der Waals surface area contributed by atoms with Crippen LogP contribution in [0.15, 0.2) is 30.6 Å². The number of rotatable bonds is 2. The van der Waals surface area contributed by atoms with E-state index >= 15 is 0 Å². The van der Waals surface area contributed by atoms with Gasteiger partial charge < -0.3 is 4.57 Å². The van der Waals surface area contributed by atoms with E-state index in [1.54, 1.807) is 12.4 Å². The van der Waals surface area contributed by atoms with Crippen LogP contribution in [0.2, 0.25) is 0 Å². The largest absolute Gasteiger partial charge is 0.314 e. The molecule has 14 heavy (non-hydrogen) atoms. The van der Waals surface area contributed by atoms with E-state index in [0.717, 1.165) is 12.1 Å². The molecule has 72 valence electrons. The van der Waals surface area contributed by atoms with Gasteiger partial charge in [0, 0.05) is 12.1 Å².